The molecule has 0 atom stereocenters. The van der Waals surface area contributed by atoms with E-state index in [0.29, 0.717) is 12.1 Å². The van der Waals surface area contributed by atoms with Crippen molar-refractivity contribution in [3.8, 4) is 6.07 Å². The summed E-state index contributed by atoms with van der Waals surface area (Å²) >= 11 is 0. The third-order valence-corrected chi connectivity index (χ3v) is 1.58. The number of nitriles is 1. The highest BCUT2D eigenvalue weighted by atomic mass is 16.1. The minimum absolute atomic E-state index is 0.243. The van der Waals surface area contributed by atoms with Crippen LogP contribution in [0.1, 0.15) is 11.1 Å². The van der Waals surface area contributed by atoms with Crippen LogP contribution in [-0.4, -0.2) is 10.9 Å². The number of pyridine rings is 1. The SMILES string of the molecule is C=CC(=O)NCc1cncc(C#N)c1. The van der Waals surface area contributed by atoms with Crippen LogP contribution in [0.3, 0.4) is 0 Å². The minimum Gasteiger partial charge on any atom is -0.348 e. The van der Waals surface area contributed by atoms with Crippen molar-refractivity contribution in [1.82, 2.24) is 10.3 Å². The van der Waals surface area contributed by atoms with Gasteiger partial charge in [0.1, 0.15) is 6.07 Å². The Bertz CT molecular complexity index is 393. The number of hydrogen-bond donors (Lipinski definition) is 1. The number of hydrogen-bond acceptors (Lipinski definition) is 3. The number of rotatable bonds is 3. The van der Waals surface area contributed by atoms with Gasteiger partial charge in [0.2, 0.25) is 5.91 Å². The van der Waals surface area contributed by atoms with Gasteiger partial charge in [-0.15, -0.1) is 0 Å². The fourth-order valence-electron chi connectivity index (χ4n) is 0.907. The number of carbonyl (C=O) groups is 1. The maximum Gasteiger partial charge on any atom is 0.243 e. The van der Waals surface area contributed by atoms with Crippen molar-refractivity contribution in [3.63, 3.8) is 0 Å². The summed E-state index contributed by atoms with van der Waals surface area (Å²) in [7, 11) is 0. The van der Waals surface area contributed by atoms with E-state index in [9.17, 15) is 4.79 Å². The van der Waals surface area contributed by atoms with E-state index < -0.39 is 0 Å². The van der Waals surface area contributed by atoms with Crippen molar-refractivity contribution in [2.24, 2.45) is 0 Å². The molecule has 0 radical (unpaired) electrons. The molecule has 1 N–H and O–H groups in total. The molecule has 14 heavy (non-hydrogen) atoms. The first-order valence-electron chi connectivity index (χ1n) is 4.00. The summed E-state index contributed by atoms with van der Waals surface area (Å²) in [6.45, 7) is 3.68. The molecule has 0 saturated carbocycles. The van der Waals surface area contributed by atoms with Crippen LogP contribution in [-0.2, 0) is 11.3 Å². The fourth-order valence-corrected chi connectivity index (χ4v) is 0.907. The smallest absolute Gasteiger partial charge is 0.243 e. The Morgan fingerprint density at radius 2 is 2.50 bits per heavy atom. The molecule has 1 amide bonds. The molecule has 0 bridgehead atoms. The predicted molar refractivity (Wildman–Crippen MR) is 51.0 cm³/mol. The van der Waals surface area contributed by atoms with Gasteiger partial charge in [0.25, 0.3) is 0 Å². The second kappa shape index (κ2) is 4.77. The molecule has 1 rings (SSSR count). The molecular formula is C10H9N3O. The van der Waals surface area contributed by atoms with Gasteiger partial charge in [0, 0.05) is 18.9 Å². The molecule has 0 saturated heterocycles. The van der Waals surface area contributed by atoms with Crippen molar-refractivity contribution in [2.45, 2.75) is 6.54 Å². The van der Waals surface area contributed by atoms with E-state index in [1.165, 1.54) is 12.3 Å². The van der Waals surface area contributed by atoms with Crippen molar-refractivity contribution in [3.05, 3.63) is 42.2 Å². The molecule has 0 fully saturated rings. The van der Waals surface area contributed by atoms with Gasteiger partial charge in [0.15, 0.2) is 0 Å². The molecule has 0 aliphatic rings. The summed E-state index contributed by atoms with van der Waals surface area (Å²) in [6, 6.07) is 3.65. The molecule has 4 nitrogen and oxygen atoms in total. The third-order valence-electron chi connectivity index (χ3n) is 1.58. The Morgan fingerprint density at radius 1 is 1.71 bits per heavy atom. The van der Waals surface area contributed by atoms with Crippen molar-refractivity contribution in [2.75, 3.05) is 0 Å². The maximum absolute atomic E-state index is 10.8. The number of amides is 1. The number of nitrogens with one attached hydrogen (secondary N) is 1. The highest BCUT2D eigenvalue weighted by molar-refractivity contribution is 5.86. The Labute approximate surface area is 81.9 Å². The van der Waals surface area contributed by atoms with E-state index in [2.05, 4.69) is 16.9 Å². The second-order valence-electron chi connectivity index (χ2n) is 2.62. The molecule has 70 valence electrons. The Morgan fingerprint density at radius 3 is 3.14 bits per heavy atom. The summed E-state index contributed by atoms with van der Waals surface area (Å²) < 4.78 is 0. The monoisotopic (exact) mass is 187 g/mol. The van der Waals surface area contributed by atoms with E-state index >= 15 is 0 Å². The standard InChI is InChI=1S/C10H9N3O/c1-2-10(14)13-7-9-3-8(4-11)5-12-6-9/h2-3,5-6H,1,7H2,(H,13,14). The van der Waals surface area contributed by atoms with Gasteiger partial charge in [-0.25, -0.2) is 0 Å². The largest absolute Gasteiger partial charge is 0.348 e. The zero-order chi connectivity index (χ0) is 10.4. The highest BCUT2D eigenvalue weighted by Crippen LogP contribution is 2.00. The Kier molecular flexibility index (Phi) is 3.39. The fraction of sp³-hybridized carbons (Fsp3) is 0.100. The maximum atomic E-state index is 10.8. The molecule has 0 aliphatic carbocycles. The first-order chi connectivity index (χ1) is 6.76. The molecule has 0 aliphatic heterocycles. The van der Waals surface area contributed by atoms with Crippen LogP contribution in [0.25, 0.3) is 0 Å². The molecule has 1 heterocycles. The Hall–Kier alpha value is -2.15. The summed E-state index contributed by atoms with van der Waals surface area (Å²) in [5, 5.41) is 11.2. The zero-order valence-corrected chi connectivity index (χ0v) is 7.53. The lowest BCUT2D eigenvalue weighted by atomic mass is 10.2. The summed E-state index contributed by atoms with van der Waals surface area (Å²) in [5.74, 6) is -0.243. The van der Waals surface area contributed by atoms with Crippen molar-refractivity contribution in [1.29, 1.82) is 5.26 Å². The summed E-state index contributed by atoms with van der Waals surface area (Å²) in [5.41, 5.74) is 1.27. The van der Waals surface area contributed by atoms with E-state index in [0.717, 1.165) is 5.56 Å². The van der Waals surface area contributed by atoms with Gasteiger partial charge in [-0.05, 0) is 17.7 Å². The summed E-state index contributed by atoms with van der Waals surface area (Å²) in [6.07, 6.45) is 4.27. The number of nitrogens with zero attached hydrogens (tertiary/aromatic N) is 2. The van der Waals surface area contributed by atoms with E-state index in [4.69, 9.17) is 5.26 Å². The van der Waals surface area contributed by atoms with Crippen LogP contribution in [0.4, 0.5) is 0 Å². The van der Waals surface area contributed by atoms with Gasteiger partial charge in [-0.3, -0.25) is 9.78 Å². The zero-order valence-electron chi connectivity index (χ0n) is 7.53. The molecule has 1 aromatic rings. The first-order valence-corrected chi connectivity index (χ1v) is 4.00. The van der Waals surface area contributed by atoms with E-state index in [1.807, 2.05) is 6.07 Å². The molecule has 4 heteroatoms. The molecule has 0 spiro atoms. The van der Waals surface area contributed by atoms with E-state index in [-0.39, 0.29) is 5.91 Å². The van der Waals surface area contributed by atoms with Crippen molar-refractivity contribution >= 4 is 5.91 Å². The average molecular weight is 187 g/mol. The topological polar surface area (TPSA) is 65.8 Å². The number of aromatic nitrogens is 1. The minimum atomic E-state index is -0.243. The third kappa shape index (κ3) is 2.72. The van der Waals surface area contributed by atoms with Gasteiger partial charge < -0.3 is 5.32 Å². The lowest BCUT2D eigenvalue weighted by molar-refractivity contribution is -0.116. The highest BCUT2D eigenvalue weighted by Gasteiger charge is 1.97. The summed E-state index contributed by atoms with van der Waals surface area (Å²) in [4.78, 5) is 14.7. The van der Waals surface area contributed by atoms with Gasteiger partial charge >= 0.3 is 0 Å². The molecular weight excluding hydrogens is 178 g/mol. The normalized spacial score (nSPS) is 8.79. The second-order valence-corrected chi connectivity index (χ2v) is 2.62. The van der Waals surface area contributed by atoms with Crippen LogP contribution in [0.5, 0.6) is 0 Å². The van der Waals surface area contributed by atoms with Crippen molar-refractivity contribution < 1.29 is 4.79 Å². The van der Waals surface area contributed by atoms with Crippen LogP contribution < -0.4 is 5.32 Å². The van der Waals surface area contributed by atoms with Gasteiger partial charge in [-0.2, -0.15) is 5.26 Å². The molecule has 1 aromatic heterocycles. The average Bonchev–Trinajstić information content (AvgIpc) is 2.26. The lowest BCUT2D eigenvalue weighted by Gasteiger charge is -2.01. The molecule has 0 aromatic carbocycles. The van der Waals surface area contributed by atoms with Gasteiger partial charge in [-0.1, -0.05) is 6.58 Å². The van der Waals surface area contributed by atoms with Gasteiger partial charge in [0.05, 0.1) is 5.56 Å². The van der Waals surface area contributed by atoms with E-state index in [1.54, 1.807) is 12.3 Å². The van der Waals surface area contributed by atoms with Crippen LogP contribution in [0.15, 0.2) is 31.1 Å². The molecule has 0 unspecified atom stereocenters. The Balaban J connectivity index is 2.64. The number of carbonyl (C=O) groups excluding carboxylic acids is 1. The quantitative estimate of drug-likeness (QED) is 0.710. The van der Waals surface area contributed by atoms with Crippen LogP contribution >= 0.6 is 0 Å². The predicted octanol–water partition coefficient (Wildman–Crippen LogP) is 0.755. The first kappa shape index (κ1) is 9.93. The van der Waals surface area contributed by atoms with Crippen LogP contribution in [0.2, 0.25) is 0 Å². The lowest BCUT2D eigenvalue weighted by Crippen LogP contribution is -2.20. The van der Waals surface area contributed by atoms with Crippen LogP contribution in [0, 0.1) is 11.3 Å².